The maximum absolute atomic E-state index is 13.0. The molecule has 2 saturated heterocycles. The number of aliphatic hydroxyl groups excluding tert-OH is 8. The Balaban J connectivity index is 1.78. The molecule has 2 aliphatic heterocycles. The molecule has 12 unspecified atom stereocenters. The molecule has 14 heteroatoms. The fourth-order valence-electron chi connectivity index (χ4n) is 8.32. The van der Waals surface area contributed by atoms with Crippen LogP contribution in [0.2, 0.25) is 0 Å². The summed E-state index contributed by atoms with van der Waals surface area (Å²) in [5.74, 6) is -0.262. The lowest BCUT2D eigenvalue weighted by Gasteiger charge is -2.46. The van der Waals surface area contributed by atoms with Gasteiger partial charge in [-0.1, -0.05) is 172 Å². The average Bonchev–Trinajstić information content (AvgIpc) is 3.30. The van der Waals surface area contributed by atoms with Crippen molar-refractivity contribution in [2.75, 3.05) is 19.8 Å². The lowest BCUT2D eigenvalue weighted by molar-refractivity contribution is -0.359. The zero-order chi connectivity index (χ0) is 47.5. The molecular formula is C51H93NO13. The predicted molar refractivity (Wildman–Crippen MR) is 254 cm³/mol. The number of carbonyl (C=O) groups is 1. The van der Waals surface area contributed by atoms with Crippen LogP contribution in [0.25, 0.3) is 0 Å². The van der Waals surface area contributed by atoms with Gasteiger partial charge in [-0.05, 0) is 44.9 Å². The van der Waals surface area contributed by atoms with E-state index >= 15 is 0 Å². The van der Waals surface area contributed by atoms with Crippen LogP contribution in [-0.2, 0) is 23.7 Å². The number of hydrogen-bond acceptors (Lipinski definition) is 13. The smallest absolute Gasteiger partial charge is 0.220 e. The average molecular weight is 928 g/mol. The van der Waals surface area contributed by atoms with Crippen LogP contribution in [0, 0.1) is 0 Å². The molecule has 0 spiro atoms. The first-order valence-corrected chi connectivity index (χ1v) is 25.7. The van der Waals surface area contributed by atoms with Crippen LogP contribution in [0.3, 0.4) is 0 Å². The second-order valence-electron chi connectivity index (χ2n) is 18.3. The highest BCUT2D eigenvalue weighted by Gasteiger charge is 2.51. The molecule has 0 aromatic rings. The first-order chi connectivity index (χ1) is 31.6. The van der Waals surface area contributed by atoms with E-state index in [2.05, 4.69) is 43.5 Å². The number of amides is 1. The number of unbranched alkanes of at least 4 members (excludes halogenated alkanes) is 22. The lowest BCUT2D eigenvalue weighted by Crippen LogP contribution is -2.65. The summed E-state index contributed by atoms with van der Waals surface area (Å²) < 4.78 is 22.6. The quantitative estimate of drug-likeness (QED) is 0.0231. The van der Waals surface area contributed by atoms with Crippen molar-refractivity contribution in [3.63, 3.8) is 0 Å². The highest BCUT2D eigenvalue weighted by atomic mass is 16.7. The summed E-state index contributed by atoms with van der Waals surface area (Å²) in [6, 6.07) is -0.932. The molecule has 2 aliphatic rings. The van der Waals surface area contributed by atoms with Crippen molar-refractivity contribution in [1.29, 1.82) is 0 Å². The second kappa shape index (κ2) is 38.1. The van der Waals surface area contributed by atoms with Gasteiger partial charge in [0.15, 0.2) is 12.6 Å². The van der Waals surface area contributed by atoms with Crippen LogP contribution < -0.4 is 5.32 Å². The molecule has 0 aromatic heterocycles. The number of rotatable bonds is 39. The van der Waals surface area contributed by atoms with Gasteiger partial charge in [0.1, 0.15) is 48.8 Å². The van der Waals surface area contributed by atoms with Crippen molar-refractivity contribution in [3.05, 3.63) is 36.5 Å². The van der Waals surface area contributed by atoms with E-state index in [1.54, 1.807) is 6.08 Å². The van der Waals surface area contributed by atoms with E-state index in [1.807, 2.05) is 6.08 Å². The van der Waals surface area contributed by atoms with Crippen LogP contribution in [0.15, 0.2) is 36.5 Å². The number of ether oxygens (including phenoxy) is 4. The van der Waals surface area contributed by atoms with Gasteiger partial charge in [0.05, 0.1) is 32.0 Å². The van der Waals surface area contributed by atoms with E-state index in [1.165, 1.54) is 103 Å². The Morgan fingerprint density at radius 2 is 0.985 bits per heavy atom. The van der Waals surface area contributed by atoms with E-state index in [0.717, 1.165) is 51.4 Å². The molecule has 0 bridgehead atoms. The Bertz CT molecular complexity index is 1230. The fraction of sp³-hybridized carbons (Fsp3) is 0.863. The molecule has 0 radical (unpaired) electrons. The molecular weight excluding hydrogens is 835 g/mol. The number of carbonyl (C=O) groups excluding carboxylic acids is 1. The monoisotopic (exact) mass is 928 g/mol. The molecule has 0 aromatic carbocycles. The van der Waals surface area contributed by atoms with Crippen molar-refractivity contribution in [2.24, 2.45) is 0 Å². The standard InChI is InChI=1S/C51H93NO13/c1-3-5-7-9-11-12-13-14-15-16-17-18-19-20-21-22-23-24-25-26-27-29-30-32-34-40(55)39(52-43(56)35-33-31-28-10-8-6-4-2)38-62-50-48(61)46(59)49(42(37-54)64-50)65-51-47(60)45(58)44(57)41(36-53)63-51/h22-23,26-27,32,34,39-42,44-51,53-55,57-61H,3-21,24-25,28-31,33,35-38H2,1-2H3,(H,52,56)/b23-22+,27-26+,34-32+. The maximum Gasteiger partial charge on any atom is 0.220 e. The van der Waals surface area contributed by atoms with Crippen LogP contribution in [0.4, 0.5) is 0 Å². The normalized spacial score (nSPS) is 27.3. The number of aliphatic hydroxyl groups is 8. The van der Waals surface area contributed by atoms with Crippen molar-refractivity contribution in [2.45, 2.75) is 261 Å². The summed E-state index contributed by atoms with van der Waals surface area (Å²) in [5, 5.41) is 86.4. The Kier molecular flexibility index (Phi) is 34.8. The summed E-state index contributed by atoms with van der Waals surface area (Å²) >= 11 is 0. The van der Waals surface area contributed by atoms with Crippen molar-refractivity contribution < 1.29 is 64.6 Å². The van der Waals surface area contributed by atoms with Gasteiger partial charge in [-0.15, -0.1) is 0 Å². The number of nitrogens with one attached hydrogen (secondary N) is 1. The van der Waals surface area contributed by atoms with Gasteiger partial charge in [-0.2, -0.15) is 0 Å². The molecule has 2 fully saturated rings. The topological polar surface area (TPSA) is 228 Å². The minimum absolute atomic E-state index is 0.262. The molecule has 9 N–H and O–H groups in total. The van der Waals surface area contributed by atoms with Crippen LogP contribution in [0.1, 0.15) is 187 Å². The third-order valence-electron chi connectivity index (χ3n) is 12.6. The second-order valence-corrected chi connectivity index (χ2v) is 18.3. The predicted octanol–water partition coefficient (Wildman–Crippen LogP) is 6.71. The van der Waals surface area contributed by atoms with E-state index < -0.39 is 86.8 Å². The first kappa shape index (κ1) is 59.3. The SMILES string of the molecule is CCCCCCCCCCCCCCCC/C=C/CC/C=C/CC/C=C/C(O)C(COC1OC(CO)C(OC2OC(CO)C(O)C(O)C2O)C(O)C1O)NC(=O)CCCCCCCCC. The van der Waals surface area contributed by atoms with E-state index in [4.69, 9.17) is 18.9 Å². The van der Waals surface area contributed by atoms with Gasteiger partial charge in [0, 0.05) is 6.42 Å². The van der Waals surface area contributed by atoms with Crippen molar-refractivity contribution in [3.8, 4) is 0 Å². The van der Waals surface area contributed by atoms with Gasteiger partial charge < -0.3 is 65.1 Å². The third-order valence-corrected chi connectivity index (χ3v) is 12.6. The molecule has 65 heavy (non-hydrogen) atoms. The number of allylic oxidation sites excluding steroid dienone is 5. The fourth-order valence-corrected chi connectivity index (χ4v) is 8.32. The summed E-state index contributed by atoms with van der Waals surface area (Å²) in [7, 11) is 0. The van der Waals surface area contributed by atoms with Crippen molar-refractivity contribution in [1.82, 2.24) is 5.32 Å². The van der Waals surface area contributed by atoms with Gasteiger partial charge in [-0.3, -0.25) is 4.79 Å². The molecule has 2 heterocycles. The van der Waals surface area contributed by atoms with Crippen molar-refractivity contribution >= 4 is 5.91 Å². The largest absolute Gasteiger partial charge is 0.394 e. The van der Waals surface area contributed by atoms with E-state index in [0.29, 0.717) is 12.8 Å². The Morgan fingerprint density at radius 1 is 0.538 bits per heavy atom. The van der Waals surface area contributed by atoms with Gasteiger partial charge in [0.2, 0.25) is 5.91 Å². The summed E-state index contributed by atoms with van der Waals surface area (Å²) in [4.78, 5) is 13.0. The minimum Gasteiger partial charge on any atom is -0.394 e. The minimum atomic E-state index is -1.79. The number of hydrogen-bond donors (Lipinski definition) is 9. The summed E-state index contributed by atoms with van der Waals surface area (Å²) in [6.45, 7) is 2.70. The maximum atomic E-state index is 13.0. The van der Waals surface area contributed by atoms with Crippen LogP contribution in [-0.4, -0.2) is 140 Å². The van der Waals surface area contributed by atoms with Gasteiger partial charge in [-0.25, -0.2) is 0 Å². The lowest BCUT2D eigenvalue weighted by atomic mass is 9.97. The molecule has 12 atom stereocenters. The highest BCUT2D eigenvalue weighted by molar-refractivity contribution is 5.76. The summed E-state index contributed by atoms with van der Waals surface area (Å²) in [6.07, 6.45) is 26.6. The van der Waals surface area contributed by atoms with Gasteiger partial charge >= 0.3 is 0 Å². The van der Waals surface area contributed by atoms with Crippen LogP contribution in [0.5, 0.6) is 0 Å². The zero-order valence-electron chi connectivity index (χ0n) is 40.2. The zero-order valence-corrected chi connectivity index (χ0v) is 40.2. The highest BCUT2D eigenvalue weighted by Crippen LogP contribution is 2.30. The van der Waals surface area contributed by atoms with E-state index in [-0.39, 0.29) is 18.9 Å². The van der Waals surface area contributed by atoms with Crippen LogP contribution >= 0.6 is 0 Å². The molecule has 14 nitrogen and oxygen atoms in total. The Hall–Kier alpha value is -1.79. The molecule has 380 valence electrons. The first-order valence-electron chi connectivity index (χ1n) is 25.7. The molecule has 0 saturated carbocycles. The van der Waals surface area contributed by atoms with Gasteiger partial charge in [0.25, 0.3) is 0 Å². The third kappa shape index (κ3) is 25.4. The Morgan fingerprint density at radius 3 is 1.51 bits per heavy atom. The molecule has 0 aliphatic carbocycles. The summed E-state index contributed by atoms with van der Waals surface area (Å²) in [5.41, 5.74) is 0. The van der Waals surface area contributed by atoms with E-state index in [9.17, 15) is 45.6 Å². The molecule has 2 rings (SSSR count). The molecule has 1 amide bonds. The Labute approximate surface area is 391 Å².